The van der Waals surface area contributed by atoms with Crippen LogP contribution in [0, 0.1) is 17.2 Å². The molecule has 1 fully saturated rings. The SMILES string of the molecule is CC(C)(C)OC(=O)C1CCC(C2=CN=CC=CN2)C(=N)C1. The topological polar surface area (TPSA) is 74.5 Å². The van der Waals surface area contributed by atoms with E-state index in [4.69, 9.17) is 10.1 Å². The number of nitrogens with one attached hydrogen (secondary N) is 2. The molecule has 2 atom stereocenters. The smallest absolute Gasteiger partial charge is 0.309 e. The van der Waals surface area contributed by atoms with Gasteiger partial charge in [0.2, 0.25) is 0 Å². The second-order valence-corrected chi connectivity index (χ2v) is 6.48. The van der Waals surface area contributed by atoms with E-state index in [1.54, 1.807) is 12.4 Å². The molecule has 114 valence electrons. The van der Waals surface area contributed by atoms with Gasteiger partial charge in [0.05, 0.1) is 5.92 Å². The molecule has 2 rings (SSSR count). The van der Waals surface area contributed by atoms with Crippen molar-refractivity contribution in [1.29, 1.82) is 5.41 Å². The third-order valence-electron chi connectivity index (χ3n) is 3.54. The maximum absolute atomic E-state index is 12.1. The highest BCUT2D eigenvalue weighted by molar-refractivity contribution is 5.91. The molecule has 0 bridgehead atoms. The van der Waals surface area contributed by atoms with Crippen molar-refractivity contribution in [2.24, 2.45) is 16.8 Å². The minimum atomic E-state index is -0.471. The quantitative estimate of drug-likeness (QED) is 0.768. The number of allylic oxidation sites excluding steroid dienone is 2. The number of hydrogen-bond donors (Lipinski definition) is 2. The normalized spacial score (nSPS) is 25.9. The summed E-state index contributed by atoms with van der Waals surface area (Å²) in [5.74, 6) is -0.367. The summed E-state index contributed by atoms with van der Waals surface area (Å²) in [6.45, 7) is 5.60. The number of hydrogen-bond acceptors (Lipinski definition) is 5. The number of aliphatic imine (C=N–C) groups is 1. The molecule has 2 unspecified atom stereocenters. The van der Waals surface area contributed by atoms with E-state index in [2.05, 4.69) is 10.3 Å². The van der Waals surface area contributed by atoms with Crippen molar-refractivity contribution in [2.45, 2.75) is 45.6 Å². The summed E-state index contributed by atoms with van der Waals surface area (Å²) >= 11 is 0. The molecule has 2 N–H and O–H groups in total. The molecule has 21 heavy (non-hydrogen) atoms. The molecule has 0 spiro atoms. The van der Waals surface area contributed by atoms with Crippen molar-refractivity contribution >= 4 is 17.9 Å². The monoisotopic (exact) mass is 289 g/mol. The Bertz CT molecular complexity index is 512. The van der Waals surface area contributed by atoms with E-state index >= 15 is 0 Å². The number of ether oxygens (including phenoxy) is 1. The van der Waals surface area contributed by atoms with Gasteiger partial charge in [0, 0.05) is 35.9 Å². The summed E-state index contributed by atoms with van der Waals surface area (Å²) in [7, 11) is 0. The van der Waals surface area contributed by atoms with Crippen LogP contribution in [0.2, 0.25) is 0 Å². The van der Waals surface area contributed by atoms with Gasteiger partial charge in [0.1, 0.15) is 5.60 Å². The van der Waals surface area contributed by atoms with E-state index in [0.717, 1.165) is 18.5 Å². The van der Waals surface area contributed by atoms with Crippen LogP contribution in [0.3, 0.4) is 0 Å². The lowest BCUT2D eigenvalue weighted by molar-refractivity contribution is -0.160. The molecule has 0 aromatic heterocycles. The molecule has 1 heterocycles. The Balaban J connectivity index is 1.98. The molecule has 1 saturated carbocycles. The Labute approximate surface area is 125 Å². The van der Waals surface area contributed by atoms with Gasteiger partial charge >= 0.3 is 5.97 Å². The van der Waals surface area contributed by atoms with Crippen molar-refractivity contribution in [3.8, 4) is 0 Å². The number of nitrogens with zero attached hydrogens (tertiary/aromatic N) is 1. The maximum Gasteiger partial charge on any atom is 0.309 e. The molecule has 1 aliphatic carbocycles. The van der Waals surface area contributed by atoms with Crippen LogP contribution in [-0.2, 0) is 9.53 Å². The molecule has 1 aliphatic heterocycles. The average Bonchev–Trinajstić information content (AvgIpc) is 2.65. The van der Waals surface area contributed by atoms with Gasteiger partial charge in [0.25, 0.3) is 0 Å². The Morgan fingerprint density at radius 1 is 1.43 bits per heavy atom. The molecule has 0 radical (unpaired) electrons. The Kier molecular flexibility index (Phi) is 4.60. The second kappa shape index (κ2) is 6.24. The van der Waals surface area contributed by atoms with E-state index in [1.807, 2.05) is 33.0 Å². The molecular formula is C16H23N3O2. The number of carbonyl (C=O) groups is 1. The van der Waals surface area contributed by atoms with Crippen molar-refractivity contribution in [3.05, 3.63) is 24.2 Å². The Hall–Kier alpha value is -1.91. The summed E-state index contributed by atoms with van der Waals surface area (Å²) < 4.78 is 5.43. The summed E-state index contributed by atoms with van der Waals surface area (Å²) in [4.78, 5) is 16.3. The zero-order chi connectivity index (χ0) is 15.5. The van der Waals surface area contributed by atoms with E-state index in [9.17, 15) is 4.79 Å². The third-order valence-corrected chi connectivity index (χ3v) is 3.54. The van der Waals surface area contributed by atoms with E-state index in [1.165, 1.54) is 0 Å². The van der Waals surface area contributed by atoms with Gasteiger partial charge in [-0.15, -0.1) is 0 Å². The molecule has 5 nitrogen and oxygen atoms in total. The lowest BCUT2D eigenvalue weighted by atomic mass is 9.79. The van der Waals surface area contributed by atoms with Gasteiger partial charge in [-0.05, 0) is 46.1 Å². The largest absolute Gasteiger partial charge is 0.460 e. The fraction of sp³-hybridized carbons (Fsp3) is 0.562. The van der Waals surface area contributed by atoms with Crippen molar-refractivity contribution < 1.29 is 9.53 Å². The zero-order valence-corrected chi connectivity index (χ0v) is 12.8. The van der Waals surface area contributed by atoms with Crippen LogP contribution < -0.4 is 5.32 Å². The lowest BCUT2D eigenvalue weighted by Gasteiger charge is -2.31. The van der Waals surface area contributed by atoms with Gasteiger partial charge < -0.3 is 15.5 Å². The van der Waals surface area contributed by atoms with Gasteiger partial charge in [-0.2, -0.15) is 0 Å². The predicted octanol–water partition coefficient (Wildman–Crippen LogP) is 2.79. The predicted molar refractivity (Wildman–Crippen MR) is 83.3 cm³/mol. The molecular weight excluding hydrogens is 266 g/mol. The first-order chi connectivity index (χ1) is 9.87. The second-order valence-electron chi connectivity index (χ2n) is 6.48. The minimum Gasteiger partial charge on any atom is -0.460 e. The van der Waals surface area contributed by atoms with Crippen LogP contribution in [0.1, 0.15) is 40.0 Å². The molecule has 2 aliphatic rings. The van der Waals surface area contributed by atoms with Crippen molar-refractivity contribution in [1.82, 2.24) is 5.32 Å². The van der Waals surface area contributed by atoms with Crippen LogP contribution in [0.15, 0.2) is 29.2 Å². The van der Waals surface area contributed by atoms with E-state index in [0.29, 0.717) is 12.1 Å². The standard InChI is InChI=1S/C16H23N3O2/c1-16(2,3)21-15(20)11-5-6-12(13(17)9-11)14-10-18-7-4-8-19-14/h4,7-8,10-12,17,19H,5-6,9H2,1-3H3. The summed E-state index contributed by atoms with van der Waals surface area (Å²) in [5, 5.41) is 11.4. The maximum atomic E-state index is 12.1. The highest BCUT2D eigenvalue weighted by Crippen LogP contribution is 2.31. The third kappa shape index (κ3) is 4.28. The highest BCUT2D eigenvalue weighted by atomic mass is 16.6. The van der Waals surface area contributed by atoms with Crippen LogP contribution >= 0.6 is 0 Å². The van der Waals surface area contributed by atoms with Gasteiger partial charge in [-0.3, -0.25) is 9.79 Å². The minimum absolute atomic E-state index is 0.0172. The van der Waals surface area contributed by atoms with Gasteiger partial charge in [-0.25, -0.2) is 0 Å². The first-order valence-electron chi connectivity index (χ1n) is 7.32. The number of carbonyl (C=O) groups excluding carboxylic acids is 1. The van der Waals surface area contributed by atoms with Crippen molar-refractivity contribution in [3.63, 3.8) is 0 Å². The van der Waals surface area contributed by atoms with Crippen LogP contribution in [0.4, 0.5) is 0 Å². The van der Waals surface area contributed by atoms with Crippen LogP contribution in [0.5, 0.6) is 0 Å². The number of esters is 1. The summed E-state index contributed by atoms with van der Waals surface area (Å²) in [5.41, 5.74) is 1.02. The van der Waals surface area contributed by atoms with E-state index in [-0.39, 0.29) is 17.8 Å². The molecule has 5 heteroatoms. The summed E-state index contributed by atoms with van der Waals surface area (Å²) in [6, 6.07) is 0. The Morgan fingerprint density at radius 2 is 2.19 bits per heavy atom. The van der Waals surface area contributed by atoms with Crippen molar-refractivity contribution in [2.75, 3.05) is 0 Å². The molecule has 0 amide bonds. The van der Waals surface area contributed by atoms with Crippen LogP contribution in [-0.4, -0.2) is 23.5 Å². The van der Waals surface area contributed by atoms with Gasteiger partial charge in [0.15, 0.2) is 0 Å². The number of rotatable bonds is 2. The average molecular weight is 289 g/mol. The fourth-order valence-corrected chi connectivity index (χ4v) is 2.57. The van der Waals surface area contributed by atoms with Crippen LogP contribution in [0.25, 0.3) is 0 Å². The first-order valence-corrected chi connectivity index (χ1v) is 7.32. The Morgan fingerprint density at radius 3 is 2.86 bits per heavy atom. The summed E-state index contributed by atoms with van der Waals surface area (Å²) in [6.07, 6.45) is 9.07. The zero-order valence-electron chi connectivity index (χ0n) is 12.8. The molecule has 0 aromatic carbocycles. The fourth-order valence-electron chi connectivity index (χ4n) is 2.57. The first kappa shape index (κ1) is 15.5. The van der Waals surface area contributed by atoms with E-state index < -0.39 is 5.60 Å². The lowest BCUT2D eigenvalue weighted by Crippen LogP contribution is -2.36. The molecule has 0 saturated heterocycles. The van der Waals surface area contributed by atoms with Gasteiger partial charge in [-0.1, -0.05) is 0 Å². The highest BCUT2D eigenvalue weighted by Gasteiger charge is 2.34. The molecule has 0 aromatic rings.